The summed E-state index contributed by atoms with van der Waals surface area (Å²) in [6.45, 7) is 0.461. The molecule has 162 valence electrons. The molecular formula is C23H28N6O2. The fourth-order valence-electron chi connectivity index (χ4n) is 3.24. The Hall–Kier alpha value is -3.36. The van der Waals surface area contributed by atoms with Crippen LogP contribution in [0.25, 0.3) is 10.9 Å². The Kier molecular flexibility index (Phi) is 8.03. The van der Waals surface area contributed by atoms with Crippen molar-refractivity contribution in [2.75, 3.05) is 11.9 Å². The quantitative estimate of drug-likeness (QED) is 0.394. The van der Waals surface area contributed by atoms with Crippen LogP contribution in [0, 0.1) is 0 Å². The highest BCUT2D eigenvalue weighted by atomic mass is 16.2. The molecule has 2 atom stereocenters. The second-order valence-corrected chi connectivity index (χ2v) is 7.40. The Labute approximate surface area is 181 Å². The van der Waals surface area contributed by atoms with E-state index in [1.165, 1.54) is 0 Å². The molecule has 31 heavy (non-hydrogen) atoms. The molecule has 0 saturated heterocycles. The SMILES string of the molecule is NCCC[C@H](N)C(=O)N[C@H](CCc1ccccc1)C(=O)Nc1cnc2ccncc2c1. The summed E-state index contributed by atoms with van der Waals surface area (Å²) >= 11 is 0. The molecule has 0 unspecified atom stereocenters. The maximum atomic E-state index is 13.0. The van der Waals surface area contributed by atoms with E-state index >= 15 is 0 Å². The number of carbonyl (C=O) groups is 2. The standard InChI is InChI=1S/C23H28N6O2/c24-11-4-7-19(25)22(30)29-21(9-8-16-5-2-1-3-6-16)23(31)28-18-13-17-14-26-12-10-20(17)27-15-18/h1-3,5-6,10,12-15,19,21H,4,7-9,11,24-25H2,(H,28,31)(H,29,30)/t19-,21+/m0/s1. The predicted molar refractivity (Wildman–Crippen MR) is 121 cm³/mol. The van der Waals surface area contributed by atoms with Crippen molar-refractivity contribution in [1.82, 2.24) is 15.3 Å². The fraction of sp³-hybridized carbons (Fsp3) is 0.304. The van der Waals surface area contributed by atoms with Gasteiger partial charge in [-0.3, -0.25) is 19.6 Å². The molecule has 8 nitrogen and oxygen atoms in total. The molecular weight excluding hydrogens is 392 g/mol. The molecule has 0 spiro atoms. The highest BCUT2D eigenvalue weighted by Gasteiger charge is 2.24. The van der Waals surface area contributed by atoms with Crippen LogP contribution in [0.3, 0.4) is 0 Å². The number of carbonyl (C=O) groups excluding carboxylic acids is 2. The zero-order chi connectivity index (χ0) is 22.1. The van der Waals surface area contributed by atoms with Crippen LogP contribution in [-0.2, 0) is 16.0 Å². The number of benzene rings is 1. The minimum atomic E-state index is -0.735. The lowest BCUT2D eigenvalue weighted by Gasteiger charge is -2.21. The lowest BCUT2D eigenvalue weighted by molar-refractivity contribution is -0.127. The summed E-state index contributed by atoms with van der Waals surface area (Å²) in [5.41, 5.74) is 13.9. The van der Waals surface area contributed by atoms with Gasteiger partial charge in [0.1, 0.15) is 6.04 Å². The first-order valence-corrected chi connectivity index (χ1v) is 10.4. The van der Waals surface area contributed by atoms with Crippen molar-refractivity contribution in [1.29, 1.82) is 0 Å². The Morgan fingerprint density at radius 1 is 1.03 bits per heavy atom. The maximum Gasteiger partial charge on any atom is 0.247 e. The highest BCUT2D eigenvalue weighted by Crippen LogP contribution is 2.16. The van der Waals surface area contributed by atoms with Gasteiger partial charge < -0.3 is 22.1 Å². The van der Waals surface area contributed by atoms with E-state index in [-0.39, 0.29) is 11.8 Å². The number of aromatic nitrogens is 2. The molecule has 0 saturated carbocycles. The van der Waals surface area contributed by atoms with E-state index < -0.39 is 12.1 Å². The minimum Gasteiger partial charge on any atom is -0.343 e. The molecule has 3 aromatic rings. The Bertz CT molecular complexity index is 1010. The summed E-state index contributed by atoms with van der Waals surface area (Å²) in [6.07, 6.45) is 7.12. The highest BCUT2D eigenvalue weighted by molar-refractivity contribution is 5.98. The number of aryl methyl sites for hydroxylation is 1. The van der Waals surface area contributed by atoms with Crippen LogP contribution >= 0.6 is 0 Å². The molecule has 3 rings (SSSR count). The summed E-state index contributed by atoms with van der Waals surface area (Å²) in [5.74, 6) is -0.678. The van der Waals surface area contributed by atoms with Crippen molar-refractivity contribution in [3.05, 3.63) is 66.6 Å². The van der Waals surface area contributed by atoms with E-state index in [9.17, 15) is 9.59 Å². The minimum absolute atomic E-state index is 0.319. The number of fused-ring (bicyclic) bond motifs is 1. The van der Waals surface area contributed by atoms with E-state index in [1.54, 1.807) is 30.7 Å². The van der Waals surface area contributed by atoms with Crippen LogP contribution in [0.4, 0.5) is 5.69 Å². The number of rotatable bonds is 10. The normalized spacial score (nSPS) is 12.8. The van der Waals surface area contributed by atoms with Crippen molar-refractivity contribution in [2.45, 2.75) is 37.8 Å². The molecule has 2 aromatic heterocycles. The van der Waals surface area contributed by atoms with E-state index in [0.29, 0.717) is 37.9 Å². The van der Waals surface area contributed by atoms with E-state index in [2.05, 4.69) is 20.6 Å². The van der Waals surface area contributed by atoms with Gasteiger partial charge in [-0.15, -0.1) is 0 Å². The molecule has 8 heteroatoms. The van der Waals surface area contributed by atoms with Crippen LogP contribution in [0.15, 0.2) is 61.1 Å². The van der Waals surface area contributed by atoms with Gasteiger partial charge in [0.2, 0.25) is 11.8 Å². The third kappa shape index (κ3) is 6.56. The number of anilines is 1. The number of hydrogen-bond acceptors (Lipinski definition) is 6. The van der Waals surface area contributed by atoms with Crippen molar-refractivity contribution in [2.24, 2.45) is 11.5 Å². The third-order valence-corrected chi connectivity index (χ3v) is 5.00. The van der Waals surface area contributed by atoms with E-state index in [0.717, 1.165) is 16.5 Å². The van der Waals surface area contributed by atoms with Gasteiger partial charge >= 0.3 is 0 Å². The molecule has 0 aliphatic heterocycles. The zero-order valence-corrected chi connectivity index (χ0v) is 17.3. The summed E-state index contributed by atoms with van der Waals surface area (Å²) in [7, 11) is 0. The second kappa shape index (κ2) is 11.1. The lowest BCUT2D eigenvalue weighted by atomic mass is 10.0. The molecule has 0 bridgehead atoms. The zero-order valence-electron chi connectivity index (χ0n) is 17.3. The number of nitrogens with one attached hydrogen (secondary N) is 2. The van der Waals surface area contributed by atoms with Crippen molar-refractivity contribution in [3.8, 4) is 0 Å². The van der Waals surface area contributed by atoms with Gasteiger partial charge in [-0.05, 0) is 49.9 Å². The van der Waals surface area contributed by atoms with Crippen LogP contribution in [0.2, 0.25) is 0 Å². The molecule has 2 amide bonds. The second-order valence-electron chi connectivity index (χ2n) is 7.40. The van der Waals surface area contributed by atoms with Crippen molar-refractivity contribution < 1.29 is 9.59 Å². The average Bonchev–Trinajstić information content (AvgIpc) is 2.80. The van der Waals surface area contributed by atoms with Crippen molar-refractivity contribution in [3.63, 3.8) is 0 Å². The lowest BCUT2D eigenvalue weighted by Crippen LogP contribution is -2.50. The topological polar surface area (TPSA) is 136 Å². The Morgan fingerprint density at radius 3 is 2.61 bits per heavy atom. The van der Waals surface area contributed by atoms with Gasteiger partial charge in [-0.1, -0.05) is 30.3 Å². The Balaban J connectivity index is 1.71. The molecule has 0 aliphatic rings. The average molecular weight is 421 g/mol. The van der Waals surface area contributed by atoms with Crippen LogP contribution in [-0.4, -0.2) is 40.4 Å². The summed E-state index contributed by atoms with van der Waals surface area (Å²) < 4.78 is 0. The number of nitrogens with two attached hydrogens (primary N) is 2. The van der Waals surface area contributed by atoms with Crippen LogP contribution < -0.4 is 22.1 Å². The van der Waals surface area contributed by atoms with Crippen LogP contribution in [0.1, 0.15) is 24.8 Å². The Morgan fingerprint density at radius 2 is 1.84 bits per heavy atom. The van der Waals surface area contributed by atoms with Gasteiger partial charge in [-0.25, -0.2) is 0 Å². The first-order chi connectivity index (χ1) is 15.1. The predicted octanol–water partition coefficient (Wildman–Crippen LogP) is 1.75. The van der Waals surface area contributed by atoms with E-state index in [4.69, 9.17) is 11.5 Å². The van der Waals surface area contributed by atoms with Crippen molar-refractivity contribution >= 4 is 28.4 Å². The third-order valence-electron chi connectivity index (χ3n) is 5.00. The summed E-state index contributed by atoms with van der Waals surface area (Å²) in [6, 6.07) is 12.0. The molecule has 0 fully saturated rings. The van der Waals surface area contributed by atoms with Gasteiger partial charge in [0, 0.05) is 17.8 Å². The van der Waals surface area contributed by atoms with Crippen LogP contribution in [0.5, 0.6) is 0 Å². The summed E-state index contributed by atoms with van der Waals surface area (Å²) in [4.78, 5) is 34.0. The molecule has 2 heterocycles. The number of nitrogens with zero attached hydrogens (tertiary/aromatic N) is 2. The smallest absolute Gasteiger partial charge is 0.247 e. The monoisotopic (exact) mass is 420 g/mol. The van der Waals surface area contributed by atoms with Gasteiger partial charge in [0.05, 0.1) is 23.4 Å². The molecule has 1 aromatic carbocycles. The van der Waals surface area contributed by atoms with Gasteiger partial charge in [-0.2, -0.15) is 0 Å². The van der Waals surface area contributed by atoms with Gasteiger partial charge in [0.25, 0.3) is 0 Å². The number of pyridine rings is 2. The largest absolute Gasteiger partial charge is 0.343 e. The van der Waals surface area contributed by atoms with Gasteiger partial charge in [0.15, 0.2) is 0 Å². The first kappa shape index (κ1) is 22.3. The maximum absolute atomic E-state index is 13.0. The number of amides is 2. The molecule has 0 aliphatic carbocycles. The molecule has 0 radical (unpaired) electrons. The molecule has 6 N–H and O–H groups in total. The summed E-state index contributed by atoms with van der Waals surface area (Å²) in [5, 5.41) is 6.47. The fourth-order valence-corrected chi connectivity index (χ4v) is 3.24. The number of hydrogen-bond donors (Lipinski definition) is 4. The first-order valence-electron chi connectivity index (χ1n) is 10.4. The van der Waals surface area contributed by atoms with E-state index in [1.807, 2.05) is 30.3 Å².